The zero-order valence-electron chi connectivity index (χ0n) is 28.9. The van der Waals surface area contributed by atoms with E-state index >= 15 is 0 Å². The molecule has 3 saturated heterocycles. The third-order valence-electron chi connectivity index (χ3n) is 10.9. The van der Waals surface area contributed by atoms with E-state index in [2.05, 4.69) is 31.4 Å². The van der Waals surface area contributed by atoms with Crippen LogP contribution in [-0.2, 0) is 10.2 Å². The molecule has 3 aliphatic heterocycles. The molecule has 1 unspecified atom stereocenters. The van der Waals surface area contributed by atoms with Crippen LogP contribution >= 0.6 is 0 Å². The summed E-state index contributed by atoms with van der Waals surface area (Å²) in [4.78, 5) is 28.6. The molecule has 13 heteroatoms. The molecular formula is C35H52FN7O4S. The van der Waals surface area contributed by atoms with Crippen molar-refractivity contribution in [1.82, 2.24) is 28.8 Å². The summed E-state index contributed by atoms with van der Waals surface area (Å²) >= 11 is 0. The minimum atomic E-state index is -3.38. The monoisotopic (exact) mass is 685 g/mol. The second-order valence-corrected chi connectivity index (χ2v) is 16.6. The van der Waals surface area contributed by atoms with Crippen LogP contribution < -0.4 is 14.4 Å². The molecule has 1 saturated carbocycles. The van der Waals surface area contributed by atoms with E-state index in [0.29, 0.717) is 43.0 Å². The molecule has 1 atom stereocenters. The summed E-state index contributed by atoms with van der Waals surface area (Å²) < 4.78 is 50.8. The highest BCUT2D eigenvalue weighted by Crippen LogP contribution is 2.45. The van der Waals surface area contributed by atoms with E-state index in [0.717, 1.165) is 77.7 Å². The van der Waals surface area contributed by atoms with Gasteiger partial charge in [0.05, 0.1) is 11.8 Å². The molecule has 6 rings (SSSR count). The molecule has 0 bridgehead atoms. The number of nitrogens with one attached hydrogen (secondary N) is 1. The van der Waals surface area contributed by atoms with Crippen molar-refractivity contribution in [2.24, 2.45) is 17.3 Å². The van der Waals surface area contributed by atoms with Gasteiger partial charge in [0.2, 0.25) is 0 Å². The lowest BCUT2D eigenvalue weighted by molar-refractivity contribution is 0.0617. The number of halogens is 1. The van der Waals surface area contributed by atoms with Gasteiger partial charge >= 0.3 is 0 Å². The number of carbonyl (C=O) groups excluding carboxylic acids is 1. The lowest BCUT2D eigenvalue weighted by Crippen LogP contribution is -2.61. The molecule has 1 aromatic carbocycles. The molecule has 11 nitrogen and oxygen atoms in total. The Labute approximate surface area is 285 Å². The van der Waals surface area contributed by atoms with Gasteiger partial charge in [-0.2, -0.15) is 17.4 Å². The predicted molar refractivity (Wildman–Crippen MR) is 184 cm³/mol. The van der Waals surface area contributed by atoms with Crippen LogP contribution in [0, 0.1) is 23.1 Å². The number of ether oxygens (including phenoxy) is 1. The van der Waals surface area contributed by atoms with Gasteiger partial charge in [-0.15, -0.1) is 0 Å². The van der Waals surface area contributed by atoms with Gasteiger partial charge < -0.3 is 19.4 Å². The number of anilines is 1. The maximum atomic E-state index is 14.3. The van der Waals surface area contributed by atoms with Crippen molar-refractivity contribution in [2.75, 3.05) is 57.3 Å². The van der Waals surface area contributed by atoms with Gasteiger partial charge in [-0.25, -0.2) is 14.4 Å². The van der Waals surface area contributed by atoms with Crippen LogP contribution in [0.3, 0.4) is 0 Å². The second-order valence-electron chi connectivity index (χ2n) is 14.9. The van der Waals surface area contributed by atoms with Gasteiger partial charge in [-0.3, -0.25) is 4.79 Å². The molecule has 1 spiro atoms. The first kappa shape index (κ1) is 35.0. The smallest absolute Gasteiger partial charge is 0.279 e. The minimum Gasteiger partial charge on any atom is -0.451 e. The van der Waals surface area contributed by atoms with Gasteiger partial charge in [0, 0.05) is 56.8 Å². The summed E-state index contributed by atoms with van der Waals surface area (Å²) in [6.45, 7) is 14.6. The Kier molecular flexibility index (Phi) is 10.6. The zero-order chi connectivity index (χ0) is 34.1. The van der Waals surface area contributed by atoms with Crippen LogP contribution in [0.25, 0.3) is 0 Å². The predicted octanol–water partition coefficient (Wildman–Crippen LogP) is 4.92. The number of hydrogen-bond acceptors (Lipinski definition) is 8. The van der Waals surface area contributed by atoms with Crippen LogP contribution in [0.2, 0.25) is 0 Å². The van der Waals surface area contributed by atoms with E-state index < -0.39 is 16.0 Å². The van der Waals surface area contributed by atoms with Crippen molar-refractivity contribution in [3.05, 3.63) is 42.1 Å². The lowest BCUT2D eigenvalue weighted by Gasteiger charge is -2.54. The largest absolute Gasteiger partial charge is 0.451 e. The number of likely N-dealkylation sites (tertiary alicyclic amines) is 1. The number of piperidine rings is 1. The number of amides is 1. The van der Waals surface area contributed by atoms with Gasteiger partial charge in [0.1, 0.15) is 17.9 Å². The number of nitrogens with zero attached hydrogens (tertiary/aromatic N) is 6. The Morgan fingerprint density at radius 2 is 1.83 bits per heavy atom. The fourth-order valence-electron chi connectivity index (χ4n) is 8.06. The van der Waals surface area contributed by atoms with Crippen LogP contribution in [-0.4, -0.2) is 103 Å². The highest BCUT2D eigenvalue weighted by Gasteiger charge is 2.46. The molecular weight excluding hydrogens is 633 g/mol. The van der Waals surface area contributed by atoms with Gasteiger partial charge in [-0.05, 0) is 109 Å². The van der Waals surface area contributed by atoms with Crippen molar-refractivity contribution in [3.8, 4) is 11.5 Å². The Hall–Kier alpha value is -2.87. The molecule has 1 amide bonds. The molecule has 2 aromatic rings. The maximum Gasteiger partial charge on any atom is 0.279 e. The number of rotatable bonds is 11. The maximum absolute atomic E-state index is 14.3. The van der Waals surface area contributed by atoms with Crippen LogP contribution in [0.1, 0.15) is 83.0 Å². The van der Waals surface area contributed by atoms with E-state index in [4.69, 9.17) is 4.74 Å². The Balaban J connectivity index is 0.993. The van der Waals surface area contributed by atoms with Crippen LogP contribution in [0.4, 0.5) is 10.2 Å². The summed E-state index contributed by atoms with van der Waals surface area (Å²) in [5.41, 5.74) is 0.414. The average Bonchev–Trinajstić information content (AvgIpc) is 3.50. The Morgan fingerprint density at radius 1 is 1.10 bits per heavy atom. The number of carbonyl (C=O) groups is 1. The van der Waals surface area contributed by atoms with E-state index in [-0.39, 0.29) is 34.7 Å². The summed E-state index contributed by atoms with van der Waals surface area (Å²) in [6.07, 6.45) is 10.2. The normalized spacial score (nSPS) is 25.0. The van der Waals surface area contributed by atoms with Gasteiger partial charge in [0.15, 0.2) is 11.6 Å². The highest BCUT2D eigenvalue weighted by molar-refractivity contribution is 7.87. The van der Waals surface area contributed by atoms with E-state index in [1.807, 2.05) is 20.8 Å². The topological polar surface area (TPSA) is 111 Å². The zero-order valence-corrected chi connectivity index (χ0v) is 29.7. The number of hydrogen-bond donors (Lipinski definition) is 1. The first-order valence-corrected chi connectivity index (χ1v) is 19.2. The first-order chi connectivity index (χ1) is 22.9. The van der Waals surface area contributed by atoms with Crippen molar-refractivity contribution in [1.29, 1.82) is 0 Å². The second kappa shape index (κ2) is 14.5. The van der Waals surface area contributed by atoms with E-state index in [9.17, 15) is 17.6 Å². The van der Waals surface area contributed by atoms with Crippen molar-refractivity contribution in [2.45, 2.75) is 84.7 Å². The summed E-state index contributed by atoms with van der Waals surface area (Å²) in [6, 6.07) is 4.05. The molecule has 4 aliphatic rings. The quantitative estimate of drug-likeness (QED) is 0.355. The number of aromatic nitrogens is 2. The standard InChI is InChI=1S/C35H52FN7O4S/c1-5-43(25(2)3)34(44)30-18-28(36)8-11-31(30)47-32-19-37-24-38-33(32)41-22-35(23-41)13-16-40(17-14-35)21-27-6-9-29(10-7-27)39-48(45,46)42-15-12-26(4)20-42/h8,11,18-19,24-27,29,39H,5-7,9-10,12-17,20-23H2,1-4H3. The minimum absolute atomic E-state index is 0.0370. The molecule has 1 aromatic heterocycles. The fourth-order valence-corrected chi connectivity index (χ4v) is 9.66. The molecule has 48 heavy (non-hydrogen) atoms. The van der Waals surface area contributed by atoms with E-state index in [1.165, 1.54) is 24.5 Å². The lowest BCUT2D eigenvalue weighted by atomic mass is 9.71. The van der Waals surface area contributed by atoms with Crippen LogP contribution in [0.15, 0.2) is 30.7 Å². The van der Waals surface area contributed by atoms with Gasteiger partial charge in [-0.1, -0.05) is 6.92 Å². The highest BCUT2D eigenvalue weighted by atomic mass is 32.2. The fraction of sp³-hybridized carbons (Fsp3) is 0.686. The average molecular weight is 686 g/mol. The third kappa shape index (κ3) is 7.79. The SMILES string of the molecule is CCN(C(=O)c1cc(F)ccc1Oc1cncnc1N1CC2(CCN(CC3CCC(NS(=O)(=O)N4CCC(C)C4)CC3)CC2)C1)C(C)C. The first-order valence-electron chi connectivity index (χ1n) is 17.8. The summed E-state index contributed by atoms with van der Waals surface area (Å²) in [7, 11) is -3.38. The molecule has 1 aliphatic carbocycles. The van der Waals surface area contributed by atoms with Crippen molar-refractivity contribution in [3.63, 3.8) is 0 Å². The third-order valence-corrected chi connectivity index (χ3v) is 12.6. The number of benzene rings is 1. The summed E-state index contributed by atoms with van der Waals surface area (Å²) in [5.74, 6) is 1.69. The van der Waals surface area contributed by atoms with E-state index in [1.54, 1.807) is 15.4 Å². The summed E-state index contributed by atoms with van der Waals surface area (Å²) in [5, 5.41) is 0. The molecule has 1 N–H and O–H groups in total. The van der Waals surface area contributed by atoms with Crippen molar-refractivity contribution < 1.29 is 22.3 Å². The molecule has 4 heterocycles. The van der Waals surface area contributed by atoms with Crippen LogP contribution in [0.5, 0.6) is 11.5 Å². The Bertz CT molecular complexity index is 1540. The van der Waals surface area contributed by atoms with Crippen molar-refractivity contribution >= 4 is 21.9 Å². The molecule has 0 radical (unpaired) electrons. The molecule has 4 fully saturated rings. The molecule has 264 valence electrons. The van der Waals surface area contributed by atoms with Gasteiger partial charge in [0.25, 0.3) is 16.1 Å². The Morgan fingerprint density at radius 3 is 2.48 bits per heavy atom.